The predicted molar refractivity (Wildman–Crippen MR) is 106 cm³/mol. The number of benzene rings is 1. The van der Waals surface area contributed by atoms with Crippen LogP contribution in [-0.2, 0) is 0 Å². The molecule has 1 N–H and O–H groups in total. The van der Waals surface area contributed by atoms with E-state index >= 15 is 0 Å². The molecule has 2 heterocycles. The number of hydrogen-bond donors (Lipinski definition) is 1. The minimum atomic E-state index is -0.0884. The van der Waals surface area contributed by atoms with E-state index in [-0.39, 0.29) is 17.7 Å². The van der Waals surface area contributed by atoms with Crippen LogP contribution >= 0.6 is 11.6 Å². The van der Waals surface area contributed by atoms with Gasteiger partial charge >= 0.3 is 0 Å². The predicted octanol–water partition coefficient (Wildman–Crippen LogP) is 3.81. The summed E-state index contributed by atoms with van der Waals surface area (Å²) in [6.45, 7) is 5.66. The first kappa shape index (κ1) is 19.4. The van der Waals surface area contributed by atoms with Gasteiger partial charge in [0.15, 0.2) is 0 Å². The van der Waals surface area contributed by atoms with Crippen molar-refractivity contribution < 1.29 is 9.59 Å². The van der Waals surface area contributed by atoms with Crippen molar-refractivity contribution in [2.75, 3.05) is 19.6 Å². The van der Waals surface area contributed by atoms with E-state index < -0.39 is 0 Å². The lowest BCUT2D eigenvalue weighted by Gasteiger charge is -2.32. The lowest BCUT2D eigenvalue weighted by molar-refractivity contribution is 0.0710. The van der Waals surface area contributed by atoms with Gasteiger partial charge in [-0.3, -0.25) is 14.6 Å². The molecular weight excluding hydrogens is 362 g/mol. The van der Waals surface area contributed by atoms with E-state index in [2.05, 4.69) is 10.3 Å². The molecule has 5 nitrogen and oxygen atoms in total. The van der Waals surface area contributed by atoms with Gasteiger partial charge in [0.25, 0.3) is 11.8 Å². The molecular formula is C21H24ClN3O2. The van der Waals surface area contributed by atoms with Gasteiger partial charge in [-0.1, -0.05) is 23.7 Å². The maximum atomic E-state index is 12.7. The van der Waals surface area contributed by atoms with Gasteiger partial charge in [0.2, 0.25) is 0 Å². The van der Waals surface area contributed by atoms with Gasteiger partial charge in [0.1, 0.15) is 0 Å². The van der Waals surface area contributed by atoms with Crippen LogP contribution < -0.4 is 5.32 Å². The molecule has 142 valence electrons. The Hall–Kier alpha value is -2.40. The highest BCUT2D eigenvalue weighted by Crippen LogP contribution is 2.30. The summed E-state index contributed by atoms with van der Waals surface area (Å²) in [6, 6.07) is 10.8. The van der Waals surface area contributed by atoms with Crippen molar-refractivity contribution in [2.45, 2.75) is 32.6 Å². The second kappa shape index (κ2) is 8.53. The molecule has 1 aromatic heterocycles. The van der Waals surface area contributed by atoms with Crippen molar-refractivity contribution in [3.63, 3.8) is 0 Å². The molecule has 3 rings (SSSR count). The van der Waals surface area contributed by atoms with E-state index in [1.54, 1.807) is 12.1 Å². The zero-order chi connectivity index (χ0) is 19.4. The van der Waals surface area contributed by atoms with Gasteiger partial charge in [-0.25, -0.2) is 0 Å². The Morgan fingerprint density at radius 3 is 2.52 bits per heavy atom. The number of rotatable bonds is 4. The first-order valence-corrected chi connectivity index (χ1v) is 9.68. The molecule has 1 aliphatic rings. The van der Waals surface area contributed by atoms with E-state index in [0.717, 1.165) is 24.2 Å². The monoisotopic (exact) mass is 385 g/mol. The van der Waals surface area contributed by atoms with E-state index in [4.69, 9.17) is 11.6 Å². The zero-order valence-electron chi connectivity index (χ0n) is 15.7. The van der Waals surface area contributed by atoms with Crippen molar-refractivity contribution in [3.05, 3.63) is 63.9 Å². The summed E-state index contributed by atoms with van der Waals surface area (Å²) in [7, 11) is 0. The number of halogens is 1. The van der Waals surface area contributed by atoms with Crippen molar-refractivity contribution in [2.24, 2.45) is 0 Å². The zero-order valence-corrected chi connectivity index (χ0v) is 16.4. The molecule has 0 saturated carbocycles. The summed E-state index contributed by atoms with van der Waals surface area (Å²) in [4.78, 5) is 31.6. The van der Waals surface area contributed by atoms with Crippen molar-refractivity contribution >= 4 is 23.4 Å². The van der Waals surface area contributed by atoms with Crippen LogP contribution in [0.1, 0.15) is 57.8 Å². The molecule has 2 amide bonds. The summed E-state index contributed by atoms with van der Waals surface area (Å²) in [6.07, 6.45) is 1.55. The first-order valence-electron chi connectivity index (χ1n) is 9.30. The molecule has 1 saturated heterocycles. The minimum absolute atomic E-state index is 0.0415. The summed E-state index contributed by atoms with van der Waals surface area (Å²) >= 11 is 6.16. The van der Waals surface area contributed by atoms with Crippen LogP contribution in [0.3, 0.4) is 0 Å². The number of pyridine rings is 1. The number of nitrogens with zero attached hydrogens (tertiary/aromatic N) is 2. The molecule has 2 aromatic rings. The second-order valence-corrected chi connectivity index (χ2v) is 7.20. The van der Waals surface area contributed by atoms with Gasteiger partial charge in [0.05, 0.1) is 21.8 Å². The summed E-state index contributed by atoms with van der Waals surface area (Å²) in [5.74, 6) is 0.0348. The highest BCUT2D eigenvalue weighted by molar-refractivity contribution is 6.33. The number of aryl methyl sites for hydroxylation is 1. The molecule has 27 heavy (non-hydrogen) atoms. The number of carbonyl (C=O) groups is 2. The third-order valence-electron chi connectivity index (χ3n) is 4.92. The Bertz CT molecular complexity index is 845. The summed E-state index contributed by atoms with van der Waals surface area (Å²) in [5, 5.41) is 3.33. The van der Waals surface area contributed by atoms with Gasteiger partial charge in [-0.15, -0.1) is 0 Å². The van der Waals surface area contributed by atoms with Crippen molar-refractivity contribution in [3.8, 4) is 0 Å². The fourth-order valence-electron chi connectivity index (χ4n) is 3.50. The second-order valence-electron chi connectivity index (χ2n) is 6.79. The number of likely N-dealkylation sites (tertiary alicyclic amines) is 1. The Labute approximate surface area is 164 Å². The number of carbonyl (C=O) groups excluding carboxylic acids is 2. The van der Waals surface area contributed by atoms with Gasteiger partial charge in [-0.2, -0.15) is 0 Å². The molecule has 0 unspecified atom stereocenters. The lowest BCUT2D eigenvalue weighted by Crippen LogP contribution is -2.38. The normalized spacial score (nSPS) is 14.9. The van der Waals surface area contributed by atoms with E-state index in [1.165, 1.54) is 0 Å². The Morgan fingerprint density at radius 2 is 1.85 bits per heavy atom. The highest BCUT2D eigenvalue weighted by atomic mass is 35.5. The van der Waals surface area contributed by atoms with E-state index in [0.29, 0.717) is 35.8 Å². The number of nitrogens with one attached hydrogen (secondary N) is 1. The third-order valence-corrected chi connectivity index (χ3v) is 5.25. The first-order chi connectivity index (χ1) is 13.0. The summed E-state index contributed by atoms with van der Waals surface area (Å²) in [5.41, 5.74) is 2.91. The molecule has 6 heteroatoms. The van der Waals surface area contributed by atoms with Crippen LogP contribution in [0, 0.1) is 6.92 Å². The fraction of sp³-hybridized carbons (Fsp3) is 0.381. The molecule has 0 radical (unpaired) electrons. The standard InChI is InChI=1S/C21H24ClN3O2/c1-3-23-20(26)17-9-8-14(2)24-19(17)15-10-12-25(13-11-15)21(27)16-6-4-5-7-18(16)22/h4-9,15H,3,10-13H2,1-2H3,(H,23,26). The topological polar surface area (TPSA) is 62.3 Å². The van der Waals surface area contributed by atoms with E-state index in [9.17, 15) is 9.59 Å². The molecule has 0 atom stereocenters. The number of aromatic nitrogens is 1. The minimum Gasteiger partial charge on any atom is -0.352 e. The Balaban J connectivity index is 1.74. The summed E-state index contributed by atoms with van der Waals surface area (Å²) < 4.78 is 0. The largest absolute Gasteiger partial charge is 0.352 e. The lowest BCUT2D eigenvalue weighted by atomic mass is 9.89. The maximum Gasteiger partial charge on any atom is 0.255 e. The molecule has 0 aliphatic carbocycles. The average molecular weight is 386 g/mol. The van der Waals surface area contributed by atoms with Crippen molar-refractivity contribution in [1.29, 1.82) is 0 Å². The number of piperidine rings is 1. The van der Waals surface area contributed by atoms with E-state index in [1.807, 2.05) is 43.0 Å². The number of amides is 2. The maximum absolute atomic E-state index is 12.7. The Kier molecular flexibility index (Phi) is 6.11. The molecule has 1 fully saturated rings. The van der Waals surface area contributed by atoms with Gasteiger partial charge < -0.3 is 10.2 Å². The van der Waals surface area contributed by atoms with Gasteiger partial charge in [-0.05, 0) is 51.0 Å². The SMILES string of the molecule is CCNC(=O)c1ccc(C)nc1C1CCN(C(=O)c2ccccc2Cl)CC1. The average Bonchev–Trinajstić information content (AvgIpc) is 2.68. The third kappa shape index (κ3) is 4.30. The quantitative estimate of drug-likeness (QED) is 0.870. The van der Waals surface area contributed by atoms with Crippen LogP contribution in [0.25, 0.3) is 0 Å². The van der Waals surface area contributed by atoms with Crippen LogP contribution in [0.2, 0.25) is 5.02 Å². The molecule has 1 aromatic carbocycles. The van der Waals surface area contributed by atoms with Crippen LogP contribution in [0.4, 0.5) is 0 Å². The van der Waals surface area contributed by atoms with Gasteiger partial charge in [0, 0.05) is 31.2 Å². The Morgan fingerprint density at radius 1 is 1.15 bits per heavy atom. The van der Waals surface area contributed by atoms with Crippen LogP contribution in [0.5, 0.6) is 0 Å². The van der Waals surface area contributed by atoms with Crippen LogP contribution in [0.15, 0.2) is 36.4 Å². The fourth-order valence-corrected chi connectivity index (χ4v) is 3.71. The highest BCUT2D eigenvalue weighted by Gasteiger charge is 2.28. The number of hydrogen-bond acceptors (Lipinski definition) is 3. The van der Waals surface area contributed by atoms with Crippen LogP contribution in [-0.4, -0.2) is 41.3 Å². The smallest absolute Gasteiger partial charge is 0.255 e. The molecule has 1 aliphatic heterocycles. The molecule has 0 bridgehead atoms. The molecule has 0 spiro atoms. The van der Waals surface area contributed by atoms with Crippen molar-refractivity contribution in [1.82, 2.24) is 15.2 Å².